The largest absolute Gasteiger partial charge is 0.462 e. The van der Waals surface area contributed by atoms with Crippen molar-refractivity contribution in [3.05, 3.63) is 87.0 Å². The maximum atomic E-state index is 13.1. The van der Waals surface area contributed by atoms with Crippen LogP contribution in [0.1, 0.15) is 38.9 Å². The number of anilines is 1. The van der Waals surface area contributed by atoms with Crippen molar-refractivity contribution in [3.63, 3.8) is 0 Å². The zero-order valence-electron chi connectivity index (χ0n) is 17.3. The maximum Gasteiger partial charge on any atom is 0.348 e. The Bertz CT molecular complexity index is 1360. The predicted octanol–water partition coefficient (Wildman–Crippen LogP) is 3.09. The first kappa shape index (κ1) is 21.4. The number of aromatic nitrogens is 3. The number of fused-ring (bicyclic) bond motifs is 1. The number of pyridine rings is 1. The van der Waals surface area contributed by atoms with E-state index in [1.54, 1.807) is 18.5 Å². The highest BCUT2D eigenvalue weighted by Crippen LogP contribution is 2.33. The monoisotopic (exact) mass is 448 g/mol. The zero-order chi connectivity index (χ0) is 22.7. The molecule has 0 amide bonds. The lowest BCUT2D eigenvalue weighted by Gasteiger charge is -2.07. The molecule has 0 saturated heterocycles. The molecule has 0 bridgehead atoms. The molecule has 1 aromatic carbocycles. The average molecular weight is 449 g/mol. The number of ether oxygens (including phenoxy) is 1. The molecule has 0 aliphatic rings. The third-order valence-electron chi connectivity index (χ3n) is 4.96. The van der Waals surface area contributed by atoms with Crippen LogP contribution in [-0.2, 0) is 17.7 Å². The van der Waals surface area contributed by atoms with Crippen molar-refractivity contribution in [1.82, 2.24) is 14.5 Å². The number of aryl methyl sites for hydroxylation is 2. The Labute approximate surface area is 187 Å². The smallest absolute Gasteiger partial charge is 0.348 e. The summed E-state index contributed by atoms with van der Waals surface area (Å²) in [5, 5.41) is 1.96. The Hall–Kier alpha value is -3.85. The lowest BCUT2D eigenvalue weighted by molar-refractivity contribution is 0.0528. The van der Waals surface area contributed by atoms with Crippen LogP contribution in [-0.4, -0.2) is 32.9 Å². The Morgan fingerprint density at radius 3 is 2.66 bits per heavy atom. The van der Waals surface area contributed by atoms with E-state index in [1.807, 2.05) is 30.3 Å². The number of nitrogens with zero attached hydrogens (tertiary/aromatic N) is 3. The van der Waals surface area contributed by atoms with E-state index in [4.69, 9.17) is 10.5 Å². The van der Waals surface area contributed by atoms with Gasteiger partial charge in [-0.2, -0.15) is 4.98 Å². The van der Waals surface area contributed by atoms with Crippen molar-refractivity contribution < 1.29 is 14.3 Å². The van der Waals surface area contributed by atoms with Crippen LogP contribution in [0, 0.1) is 0 Å². The number of nitrogens with two attached hydrogens (primary N) is 1. The predicted molar refractivity (Wildman–Crippen MR) is 122 cm³/mol. The van der Waals surface area contributed by atoms with Gasteiger partial charge in [0.15, 0.2) is 0 Å². The summed E-state index contributed by atoms with van der Waals surface area (Å²) in [5.41, 5.74) is 7.10. The van der Waals surface area contributed by atoms with Crippen molar-refractivity contribution in [3.8, 4) is 0 Å². The summed E-state index contributed by atoms with van der Waals surface area (Å²) in [4.78, 5) is 45.9. The van der Waals surface area contributed by atoms with Gasteiger partial charge in [-0.1, -0.05) is 30.3 Å². The van der Waals surface area contributed by atoms with Gasteiger partial charge in [0.25, 0.3) is 0 Å². The topological polar surface area (TPSA) is 117 Å². The van der Waals surface area contributed by atoms with E-state index in [0.717, 1.165) is 5.56 Å². The molecule has 3 aromatic heterocycles. The lowest BCUT2D eigenvalue weighted by atomic mass is 10.1. The molecule has 0 radical (unpaired) electrons. The molecular formula is C23H20N4O4S. The van der Waals surface area contributed by atoms with Crippen LogP contribution in [0.25, 0.3) is 10.1 Å². The molecule has 0 atom stereocenters. The van der Waals surface area contributed by atoms with E-state index in [9.17, 15) is 14.4 Å². The maximum absolute atomic E-state index is 13.1. The first-order valence-electron chi connectivity index (χ1n) is 9.98. The van der Waals surface area contributed by atoms with Crippen LogP contribution in [0.15, 0.2) is 59.0 Å². The molecule has 162 valence electrons. The standard InChI is InChI=1S/C23H20N4O4S/c1-2-31-22(29)15-12-25-21(24)18-16(13-32-20(15)18)19(28)17-9-11-27(23(30)26-17)10-8-14-6-4-3-5-7-14/h3-7,9,11-13H,2,8,10H2,1H3,(H2,24,25). The summed E-state index contributed by atoms with van der Waals surface area (Å²) in [6.45, 7) is 2.37. The van der Waals surface area contributed by atoms with E-state index >= 15 is 0 Å². The van der Waals surface area contributed by atoms with Gasteiger partial charge in [0.1, 0.15) is 11.5 Å². The Kier molecular flexibility index (Phi) is 6.09. The summed E-state index contributed by atoms with van der Waals surface area (Å²) < 4.78 is 7.03. The number of nitrogen functional groups attached to an aromatic ring is 1. The summed E-state index contributed by atoms with van der Waals surface area (Å²) >= 11 is 1.19. The van der Waals surface area contributed by atoms with E-state index in [2.05, 4.69) is 9.97 Å². The molecule has 8 nitrogen and oxygen atoms in total. The number of esters is 1. The number of carbonyl (C=O) groups is 2. The van der Waals surface area contributed by atoms with Gasteiger partial charge in [-0.3, -0.25) is 9.36 Å². The average Bonchev–Trinajstić information content (AvgIpc) is 3.25. The van der Waals surface area contributed by atoms with Gasteiger partial charge in [0.05, 0.1) is 16.9 Å². The molecule has 4 rings (SSSR count). The van der Waals surface area contributed by atoms with Gasteiger partial charge in [-0.15, -0.1) is 11.3 Å². The quantitative estimate of drug-likeness (QED) is 0.341. The number of hydrogen-bond donors (Lipinski definition) is 1. The van der Waals surface area contributed by atoms with Crippen LogP contribution in [0.5, 0.6) is 0 Å². The fourth-order valence-electron chi connectivity index (χ4n) is 3.35. The minimum atomic E-state index is -0.537. The molecule has 32 heavy (non-hydrogen) atoms. The molecule has 2 N–H and O–H groups in total. The first-order chi connectivity index (χ1) is 15.5. The number of benzene rings is 1. The first-order valence-corrected chi connectivity index (χ1v) is 10.9. The van der Waals surface area contributed by atoms with Crippen LogP contribution in [0.4, 0.5) is 5.82 Å². The number of carbonyl (C=O) groups excluding carboxylic acids is 2. The minimum absolute atomic E-state index is 0.00611. The van der Waals surface area contributed by atoms with Crippen molar-refractivity contribution in [2.24, 2.45) is 0 Å². The highest BCUT2D eigenvalue weighted by Gasteiger charge is 2.23. The van der Waals surface area contributed by atoms with Gasteiger partial charge in [-0.25, -0.2) is 14.6 Å². The summed E-state index contributed by atoms with van der Waals surface area (Å²) in [6.07, 6.45) is 3.57. The Balaban J connectivity index is 1.63. The molecule has 0 unspecified atom stereocenters. The molecule has 9 heteroatoms. The second-order valence-corrected chi connectivity index (χ2v) is 7.86. The Morgan fingerprint density at radius 1 is 1.16 bits per heavy atom. The van der Waals surface area contributed by atoms with Gasteiger partial charge in [-0.05, 0) is 25.0 Å². The molecule has 0 aliphatic carbocycles. The normalized spacial score (nSPS) is 10.9. The zero-order valence-corrected chi connectivity index (χ0v) is 18.1. The second kappa shape index (κ2) is 9.11. The molecule has 0 spiro atoms. The molecule has 0 saturated carbocycles. The number of hydrogen-bond acceptors (Lipinski definition) is 8. The van der Waals surface area contributed by atoms with Crippen molar-refractivity contribution in [2.75, 3.05) is 12.3 Å². The van der Waals surface area contributed by atoms with Gasteiger partial charge in [0, 0.05) is 35.3 Å². The van der Waals surface area contributed by atoms with E-state index in [-0.39, 0.29) is 29.2 Å². The van der Waals surface area contributed by atoms with Gasteiger partial charge in [0.2, 0.25) is 5.78 Å². The van der Waals surface area contributed by atoms with Gasteiger partial charge >= 0.3 is 11.7 Å². The molecule has 3 heterocycles. The molecule has 0 aliphatic heterocycles. The van der Waals surface area contributed by atoms with Crippen molar-refractivity contribution >= 4 is 39.0 Å². The van der Waals surface area contributed by atoms with Crippen LogP contribution >= 0.6 is 11.3 Å². The van der Waals surface area contributed by atoms with Crippen LogP contribution < -0.4 is 11.4 Å². The lowest BCUT2D eigenvalue weighted by Crippen LogP contribution is -2.25. The van der Waals surface area contributed by atoms with Crippen LogP contribution in [0.2, 0.25) is 0 Å². The highest BCUT2D eigenvalue weighted by atomic mass is 32.1. The summed E-state index contributed by atoms with van der Waals surface area (Å²) in [6, 6.07) is 11.3. The highest BCUT2D eigenvalue weighted by molar-refractivity contribution is 7.18. The molecular weight excluding hydrogens is 428 g/mol. The SMILES string of the molecule is CCOC(=O)c1cnc(N)c2c(C(=O)c3ccn(CCc4ccccc4)c(=O)n3)csc12. The molecule has 4 aromatic rings. The fourth-order valence-corrected chi connectivity index (χ4v) is 4.40. The van der Waals surface area contributed by atoms with E-state index in [0.29, 0.717) is 23.1 Å². The summed E-state index contributed by atoms with van der Waals surface area (Å²) in [7, 11) is 0. The fraction of sp³-hybridized carbons (Fsp3) is 0.174. The van der Waals surface area contributed by atoms with Crippen LogP contribution in [0.3, 0.4) is 0 Å². The number of rotatable bonds is 7. The summed E-state index contributed by atoms with van der Waals surface area (Å²) in [5.74, 6) is -0.878. The number of thiophene rings is 1. The minimum Gasteiger partial charge on any atom is -0.462 e. The number of ketones is 1. The van der Waals surface area contributed by atoms with Crippen molar-refractivity contribution in [1.29, 1.82) is 0 Å². The van der Waals surface area contributed by atoms with E-state index < -0.39 is 17.4 Å². The molecule has 0 fully saturated rings. The van der Waals surface area contributed by atoms with E-state index in [1.165, 1.54) is 28.2 Å². The third-order valence-corrected chi connectivity index (χ3v) is 5.97. The Morgan fingerprint density at radius 2 is 1.94 bits per heavy atom. The van der Waals surface area contributed by atoms with Crippen molar-refractivity contribution in [2.45, 2.75) is 19.9 Å². The third kappa shape index (κ3) is 4.15. The second-order valence-electron chi connectivity index (χ2n) is 6.98. The van der Waals surface area contributed by atoms with Gasteiger partial charge < -0.3 is 10.5 Å².